The van der Waals surface area contributed by atoms with Gasteiger partial charge >= 0.3 is 12.1 Å². The van der Waals surface area contributed by atoms with Gasteiger partial charge in [0.05, 0.1) is 19.8 Å². The maximum Gasteiger partial charge on any atom is 0.411 e. The molecule has 1 aromatic rings. The van der Waals surface area contributed by atoms with Crippen molar-refractivity contribution in [2.45, 2.75) is 44.1 Å². The van der Waals surface area contributed by atoms with Gasteiger partial charge in [-0.05, 0) is 30.9 Å². The summed E-state index contributed by atoms with van der Waals surface area (Å²) in [5.74, 6) is -0.422. The molecule has 7 nitrogen and oxygen atoms in total. The molecule has 2 unspecified atom stereocenters. The lowest BCUT2D eigenvalue weighted by molar-refractivity contribution is -0.145. The van der Waals surface area contributed by atoms with Crippen LogP contribution < -0.4 is 0 Å². The number of methoxy groups -OCH3 is 1. The highest BCUT2D eigenvalue weighted by atomic mass is 16.6. The van der Waals surface area contributed by atoms with Crippen molar-refractivity contribution in [2.75, 3.05) is 13.7 Å². The second-order valence-electron chi connectivity index (χ2n) is 6.33. The molecule has 1 amide bonds. The van der Waals surface area contributed by atoms with Crippen LogP contribution >= 0.6 is 0 Å². The largest absolute Gasteiger partial charge is 0.467 e. The van der Waals surface area contributed by atoms with Crippen molar-refractivity contribution < 1.29 is 23.8 Å². The van der Waals surface area contributed by atoms with E-state index in [4.69, 9.17) is 14.2 Å². The molecule has 4 rings (SSSR count). The lowest BCUT2D eigenvalue weighted by atomic mass is 9.91. The third-order valence-corrected chi connectivity index (χ3v) is 5.09. The molecule has 4 atom stereocenters. The van der Waals surface area contributed by atoms with Crippen LogP contribution in [0.25, 0.3) is 0 Å². The standard InChI is InChI=1S/C18H20N2O5/c1-3-24-18(22)20-12(4-5-13(20)17(21)23-2)10-8-19-9-11-14-6-7-15(25-14)16(10)11/h6-9,12-15H,3-5H2,1-2H3/t12-,13+,14?,15?/m0/s1. The number of nitrogens with zero attached hydrogens (tertiary/aromatic N) is 2. The molecule has 1 saturated heterocycles. The molecule has 0 radical (unpaired) electrons. The molecule has 2 bridgehead atoms. The van der Waals surface area contributed by atoms with Crippen LogP contribution in [0.2, 0.25) is 0 Å². The number of esters is 1. The van der Waals surface area contributed by atoms with E-state index in [2.05, 4.69) is 4.98 Å². The number of aromatic nitrogens is 1. The smallest absolute Gasteiger partial charge is 0.411 e. The first kappa shape index (κ1) is 16.1. The van der Waals surface area contributed by atoms with E-state index in [1.807, 2.05) is 18.3 Å². The van der Waals surface area contributed by atoms with Gasteiger partial charge in [0.2, 0.25) is 0 Å². The summed E-state index contributed by atoms with van der Waals surface area (Å²) in [4.78, 5) is 30.5. The molecule has 3 aliphatic rings. The van der Waals surface area contributed by atoms with E-state index in [1.54, 1.807) is 13.1 Å². The van der Waals surface area contributed by atoms with Crippen LogP contribution in [0.5, 0.6) is 0 Å². The number of hydrogen-bond acceptors (Lipinski definition) is 6. The molecular weight excluding hydrogens is 324 g/mol. The van der Waals surface area contributed by atoms with Gasteiger partial charge < -0.3 is 14.2 Å². The third kappa shape index (κ3) is 2.41. The van der Waals surface area contributed by atoms with Gasteiger partial charge in [-0.2, -0.15) is 0 Å². The molecule has 25 heavy (non-hydrogen) atoms. The molecule has 0 spiro atoms. The zero-order valence-electron chi connectivity index (χ0n) is 14.2. The molecule has 7 heteroatoms. The molecule has 0 saturated carbocycles. The minimum atomic E-state index is -0.639. The van der Waals surface area contributed by atoms with E-state index in [1.165, 1.54) is 12.0 Å². The lowest BCUT2D eigenvalue weighted by Gasteiger charge is -2.29. The molecule has 132 valence electrons. The summed E-state index contributed by atoms with van der Waals surface area (Å²) in [6, 6.07) is -0.915. The molecule has 0 N–H and O–H groups in total. The van der Waals surface area contributed by atoms with Crippen LogP contribution in [0.1, 0.15) is 54.7 Å². The van der Waals surface area contributed by atoms with Crippen LogP contribution in [0.3, 0.4) is 0 Å². The second kappa shape index (κ2) is 6.15. The van der Waals surface area contributed by atoms with Crippen molar-refractivity contribution in [2.24, 2.45) is 0 Å². The van der Waals surface area contributed by atoms with E-state index in [0.717, 1.165) is 16.7 Å². The fourth-order valence-electron chi connectivity index (χ4n) is 4.05. The van der Waals surface area contributed by atoms with Crippen LogP contribution in [-0.4, -0.2) is 41.7 Å². The number of hydrogen-bond donors (Lipinski definition) is 0. The zero-order valence-corrected chi connectivity index (χ0v) is 14.2. The molecule has 1 fully saturated rings. The number of ether oxygens (including phenoxy) is 3. The fraction of sp³-hybridized carbons (Fsp3) is 0.500. The SMILES string of the molecule is CCOC(=O)N1[C@@H](C(=O)OC)CC[C@H]1c1cncc2c1C1C=CC2O1. The second-order valence-corrected chi connectivity index (χ2v) is 6.33. The van der Waals surface area contributed by atoms with E-state index >= 15 is 0 Å². The van der Waals surface area contributed by atoms with Gasteiger partial charge in [0.25, 0.3) is 0 Å². The van der Waals surface area contributed by atoms with E-state index in [-0.39, 0.29) is 24.9 Å². The molecule has 0 aromatic carbocycles. The highest BCUT2D eigenvalue weighted by molar-refractivity contribution is 5.82. The number of pyridine rings is 1. The Bertz CT molecular complexity index is 747. The predicted molar refractivity (Wildman–Crippen MR) is 86.6 cm³/mol. The molecule has 4 heterocycles. The maximum absolute atomic E-state index is 12.6. The number of carbonyl (C=O) groups is 2. The van der Waals surface area contributed by atoms with Crippen molar-refractivity contribution >= 4 is 12.1 Å². The van der Waals surface area contributed by atoms with Gasteiger partial charge in [-0.15, -0.1) is 0 Å². The Hall–Kier alpha value is -2.41. The van der Waals surface area contributed by atoms with Crippen molar-refractivity contribution in [3.63, 3.8) is 0 Å². The molecule has 0 aliphatic carbocycles. The lowest BCUT2D eigenvalue weighted by Crippen LogP contribution is -2.43. The van der Waals surface area contributed by atoms with Crippen molar-refractivity contribution in [3.05, 3.63) is 41.2 Å². The van der Waals surface area contributed by atoms with Crippen LogP contribution in [0, 0.1) is 0 Å². The highest BCUT2D eigenvalue weighted by Gasteiger charge is 2.46. The number of likely N-dealkylation sites (tertiary alicyclic amines) is 1. The Morgan fingerprint density at radius 3 is 2.76 bits per heavy atom. The predicted octanol–water partition coefficient (Wildman–Crippen LogP) is 2.60. The highest BCUT2D eigenvalue weighted by Crippen LogP contribution is 2.50. The normalized spacial score (nSPS) is 29.0. The molecular formula is C18H20N2O5. The summed E-state index contributed by atoms with van der Waals surface area (Å²) in [5, 5.41) is 0. The minimum Gasteiger partial charge on any atom is -0.467 e. The topological polar surface area (TPSA) is 78.0 Å². The Labute approximate surface area is 145 Å². The van der Waals surface area contributed by atoms with Gasteiger partial charge in [0, 0.05) is 18.0 Å². The Balaban J connectivity index is 1.73. The number of rotatable bonds is 3. The molecule has 3 aliphatic heterocycles. The van der Waals surface area contributed by atoms with E-state index in [9.17, 15) is 9.59 Å². The Kier molecular flexibility index (Phi) is 3.95. The van der Waals surface area contributed by atoms with Gasteiger partial charge in [-0.3, -0.25) is 9.88 Å². The van der Waals surface area contributed by atoms with Crippen molar-refractivity contribution in [1.82, 2.24) is 9.88 Å². The minimum absolute atomic E-state index is 0.0682. The summed E-state index contributed by atoms with van der Waals surface area (Å²) in [6.45, 7) is 1.99. The number of amides is 1. The average molecular weight is 344 g/mol. The van der Waals surface area contributed by atoms with Crippen LogP contribution in [-0.2, 0) is 19.0 Å². The van der Waals surface area contributed by atoms with E-state index < -0.39 is 18.1 Å². The maximum atomic E-state index is 12.6. The van der Waals surface area contributed by atoms with Gasteiger partial charge in [-0.25, -0.2) is 9.59 Å². The quantitative estimate of drug-likeness (QED) is 0.619. The first-order valence-corrected chi connectivity index (χ1v) is 8.50. The van der Waals surface area contributed by atoms with Crippen molar-refractivity contribution in [1.29, 1.82) is 0 Å². The third-order valence-electron chi connectivity index (χ3n) is 5.09. The van der Waals surface area contributed by atoms with Crippen molar-refractivity contribution in [3.8, 4) is 0 Å². The average Bonchev–Trinajstić information content (AvgIpc) is 3.35. The summed E-state index contributed by atoms with van der Waals surface area (Å²) in [6.07, 6.45) is 8.13. The molecule has 1 aromatic heterocycles. The van der Waals surface area contributed by atoms with E-state index in [0.29, 0.717) is 12.8 Å². The zero-order chi connectivity index (χ0) is 17.6. The monoisotopic (exact) mass is 344 g/mol. The first-order chi connectivity index (χ1) is 12.2. The Morgan fingerprint density at radius 2 is 2.00 bits per heavy atom. The first-order valence-electron chi connectivity index (χ1n) is 8.50. The summed E-state index contributed by atoms with van der Waals surface area (Å²) < 4.78 is 16.0. The summed E-state index contributed by atoms with van der Waals surface area (Å²) >= 11 is 0. The van der Waals surface area contributed by atoms with Crippen LogP contribution in [0.15, 0.2) is 24.5 Å². The summed E-state index contributed by atoms with van der Waals surface area (Å²) in [7, 11) is 1.33. The fourth-order valence-corrected chi connectivity index (χ4v) is 4.05. The van der Waals surface area contributed by atoms with Crippen LogP contribution in [0.4, 0.5) is 4.79 Å². The van der Waals surface area contributed by atoms with Gasteiger partial charge in [-0.1, -0.05) is 12.2 Å². The van der Waals surface area contributed by atoms with Gasteiger partial charge in [0.15, 0.2) is 0 Å². The number of carbonyl (C=O) groups excluding carboxylic acids is 2. The number of fused-ring (bicyclic) bond motifs is 5. The summed E-state index contributed by atoms with van der Waals surface area (Å²) in [5.41, 5.74) is 3.02. The van der Waals surface area contributed by atoms with Gasteiger partial charge in [0.1, 0.15) is 18.2 Å². The Morgan fingerprint density at radius 1 is 1.24 bits per heavy atom.